The van der Waals surface area contributed by atoms with Crippen molar-refractivity contribution in [2.45, 2.75) is 6.61 Å². The Balaban J connectivity index is 2.42. The van der Waals surface area contributed by atoms with Gasteiger partial charge in [-0.1, -0.05) is 11.6 Å². The number of anilines is 1. The summed E-state index contributed by atoms with van der Waals surface area (Å²) in [7, 11) is 0. The number of carboxylic acids is 1. The molecule has 0 saturated carbocycles. The average Bonchev–Trinajstić information content (AvgIpc) is 2.71. The van der Waals surface area contributed by atoms with E-state index in [1.807, 2.05) is 0 Å². The molecule has 1 aliphatic rings. The van der Waals surface area contributed by atoms with E-state index in [9.17, 15) is 9.59 Å². The van der Waals surface area contributed by atoms with Crippen molar-refractivity contribution < 1.29 is 19.4 Å². The molecule has 0 amide bonds. The number of rotatable bonds is 1. The van der Waals surface area contributed by atoms with Gasteiger partial charge < -0.3 is 15.6 Å². The highest BCUT2D eigenvalue weighted by Gasteiger charge is 2.28. The molecule has 1 aromatic heterocycles. The van der Waals surface area contributed by atoms with Crippen LogP contribution in [0.4, 0.5) is 5.82 Å². The van der Waals surface area contributed by atoms with Crippen LogP contribution >= 0.6 is 11.6 Å². The Bertz CT molecular complexity index is 757. The highest BCUT2D eigenvalue weighted by atomic mass is 35.5. The highest BCUT2D eigenvalue weighted by Crippen LogP contribution is 2.33. The maximum Gasteiger partial charge on any atom is 0.342 e. The van der Waals surface area contributed by atoms with E-state index in [4.69, 9.17) is 27.2 Å². The number of carbonyl (C=O) groups is 2. The monoisotopic (exact) mass is 278 g/mol. The first-order valence-corrected chi connectivity index (χ1v) is 5.69. The lowest BCUT2D eigenvalue weighted by Gasteiger charge is -2.07. The second-order valence-electron chi connectivity index (χ2n) is 4.08. The minimum atomic E-state index is -1.15. The van der Waals surface area contributed by atoms with Crippen LogP contribution in [0.25, 0.3) is 10.9 Å². The number of nitrogen functional groups attached to an aromatic ring is 1. The van der Waals surface area contributed by atoms with Crippen molar-refractivity contribution in [2.75, 3.05) is 5.73 Å². The first-order chi connectivity index (χ1) is 8.99. The van der Waals surface area contributed by atoms with Crippen LogP contribution in [0.15, 0.2) is 12.1 Å². The Morgan fingerprint density at radius 1 is 1.47 bits per heavy atom. The lowest BCUT2D eigenvalue weighted by Crippen LogP contribution is -2.04. The van der Waals surface area contributed by atoms with Gasteiger partial charge in [0.15, 0.2) is 0 Å². The van der Waals surface area contributed by atoms with E-state index in [-0.39, 0.29) is 28.6 Å². The van der Waals surface area contributed by atoms with Crippen molar-refractivity contribution in [1.82, 2.24) is 4.98 Å². The Morgan fingerprint density at radius 3 is 2.89 bits per heavy atom. The first-order valence-electron chi connectivity index (χ1n) is 5.31. The summed E-state index contributed by atoms with van der Waals surface area (Å²) in [6.07, 6.45) is 0. The summed E-state index contributed by atoms with van der Waals surface area (Å²) < 4.78 is 4.90. The normalized spacial score (nSPS) is 13.4. The summed E-state index contributed by atoms with van der Waals surface area (Å²) in [4.78, 5) is 26.7. The summed E-state index contributed by atoms with van der Waals surface area (Å²) in [5, 5.41) is 9.63. The predicted molar refractivity (Wildman–Crippen MR) is 67.2 cm³/mol. The summed E-state index contributed by atoms with van der Waals surface area (Å²) in [6.45, 7) is 0.0536. The van der Waals surface area contributed by atoms with Gasteiger partial charge >= 0.3 is 11.9 Å². The molecule has 96 valence electrons. The van der Waals surface area contributed by atoms with Crippen LogP contribution in [0.1, 0.15) is 26.3 Å². The van der Waals surface area contributed by atoms with Gasteiger partial charge in [0.05, 0.1) is 16.1 Å². The number of carboxylic acid groups (broad SMARTS) is 1. The molecule has 19 heavy (non-hydrogen) atoms. The van der Waals surface area contributed by atoms with E-state index in [0.29, 0.717) is 16.5 Å². The van der Waals surface area contributed by atoms with E-state index in [1.54, 1.807) is 0 Å². The van der Waals surface area contributed by atoms with Gasteiger partial charge in [0.25, 0.3) is 0 Å². The van der Waals surface area contributed by atoms with Crippen LogP contribution in [0.3, 0.4) is 0 Å². The van der Waals surface area contributed by atoms with Crippen LogP contribution in [-0.4, -0.2) is 22.0 Å². The number of esters is 1. The molecule has 3 N–H and O–H groups in total. The van der Waals surface area contributed by atoms with Gasteiger partial charge in [0.2, 0.25) is 0 Å². The van der Waals surface area contributed by atoms with Crippen LogP contribution < -0.4 is 5.73 Å². The lowest BCUT2D eigenvalue weighted by atomic mass is 10.0. The molecule has 0 fully saturated rings. The molecule has 0 unspecified atom stereocenters. The van der Waals surface area contributed by atoms with Crippen molar-refractivity contribution in [1.29, 1.82) is 0 Å². The third-order valence-corrected chi connectivity index (χ3v) is 3.30. The highest BCUT2D eigenvalue weighted by molar-refractivity contribution is 6.34. The number of hydrogen-bond donors (Lipinski definition) is 2. The van der Waals surface area contributed by atoms with Gasteiger partial charge in [-0.3, -0.25) is 0 Å². The number of nitrogens with zero attached hydrogens (tertiary/aromatic N) is 1. The number of cyclic esters (lactones) is 1. The van der Waals surface area contributed by atoms with Gasteiger partial charge in [-0.25, -0.2) is 14.6 Å². The zero-order chi connectivity index (χ0) is 13.7. The Morgan fingerprint density at radius 2 is 2.21 bits per heavy atom. The van der Waals surface area contributed by atoms with E-state index in [1.165, 1.54) is 12.1 Å². The fourth-order valence-corrected chi connectivity index (χ4v) is 2.36. The summed E-state index contributed by atoms with van der Waals surface area (Å²) >= 11 is 5.87. The smallest absolute Gasteiger partial charge is 0.342 e. The molecule has 0 atom stereocenters. The zero-order valence-corrected chi connectivity index (χ0v) is 10.2. The van der Waals surface area contributed by atoms with Crippen LogP contribution in [-0.2, 0) is 11.3 Å². The second kappa shape index (κ2) is 3.83. The molecule has 3 rings (SSSR count). The molecule has 6 nitrogen and oxygen atoms in total. The molecular weight excluding hydrogens is 272 g/mol. The van der Waals surface area contributed by atoms with E-state index in [2.05, 4.69) is 4.98 Å². The minimum Gasteiger partial charge on any atom is -0.478 e. The number of ether oxygens (including phenoxy) is 1. The quantitative estimate of drug-likeness (QED) is 0.772. The predicted octanol–water partition coefficient (Wildman–Crippen LogP) is 1.84. The summed E-state index contributed by atoms with van der Waals surface area (Å²) in [5.41, 5.74) is 6.83. The fourth-order valence-electron chi connectivity index (χ4n) is 2.12. The first kappa shape index (κ1) is 11.7. The third kappa shape index (κ3) is 1.61. The van der Waals surface area contributed by atoms with E-state index in [0.717, 1.165) is 0 Å². The topological polar surface area (TPSA) is 103 Å². The van der Waals surface area contributed by atoms with Crippen molar-refractivity contribution in [3.8, 4) is 0 Å². The van der Waals surface area contributed by atoms with Crippen molar-refractivity contribution >= 4 is 40.3 Å². The van der Waals surface area contributed by atoms with Gasteiger partial charge in [0, 0.05) is 10.9 Å². The van der Waals surface area contributed by atoms with Crippen molar-refractivity contribution in [3.05, 3.63) is 33.8 Å². The van der Waals surface area contributed by atoms with Gasteiger partial charge in [0.1, 0.15) is 18.0 Å². The van der Waals surface area contributed by atoms with E-state index >= 15 is 0 Å². The number of fused-ring (bicyclic) bond motifs is 3. The second-order valence-corrected chi connectivity index (χ2v) is 4.49. The third-order valence-electron chi connectivity index (χ3n) is 2.99. The Kier molecular flexibility index (Phi) is 2.36. The molecule has 7 heteroatoms. The number of aromatic carboxylic acids is 1. The SMILES string of the molecule is Nc1nc2cc(Cl)c(C(=O)O)cc2c2c1C(=O)OC2. The fraction of sp³-hybridized carbons (Fsp3) is 0.0833. The van der Waals surface area contributed by atoms with Gasteiger partial charge in [-0.15, -0.1) is 0 Å². The number of hydrogen-bond acceptors (Lipinski definition) is 5. The molecule has 0 aliphatic carbocycles. The van der Waals surface area contributed by atoms with Crippen molar-refractivity contribution in [3.63, 3.8) is 0 Å². The van der Waals surface area contributed by atoms with Gasteiger partial charge in [-0.05, 0) is 12.1 Å². The number of carbonyl (C=O) groups excluding carboxylic acids is 1. The van der Waals surface area contributed by atoms with Crippen LogP contribution in [0.5, 0.6) is 0 Å². The van der Waals surface area contributed by atoms with Crippen molar-refractivity contribution in [2.24, 2.45) is 0 Å². The largest absolute Gasteiger partial charge is 0.478 e. The Labute approximate surface area is 111 Å². The molecular formula is C12H7ClN2O4. The lowest BCUT2D eigenvalue weighted by molar-refractivity contribution is 0.0535. The molecule has 0 bridgehead atoms. The number of benzene rings is 1. The number of aromatic nitrogens is 1. The molecule has 1 aromatic carbocycles. The van der Waals surface area contributed by atoms with Crippen LogP contribution in [0.2, 0.25) is 5.02 Å². The Hall–Kier alpha value is -2.34. The summed E-state index contributed by atoms with van der Waals surface area (Å²) in [6, 6.07) is 2.80. The molecule has 0 saturated heterocycles. The number of nitrogens with two attached hydrogens (primary N) is 1. The maximum atomic E-state index is 11.5. The number of pyridine rings is 1. The molecule has 0 spiro atoms. The molecule has 2 aromatic rings. The van der Waals surface area contributed by atoms with E-state index < -0.39 is 11.9 Å². The standard InChI is InChI=1S/C12H7ClN2O4/c13-7-2-8-4(1-5(7)11(16)17)6-3-19-12(18)9(6)10(14)15-8/h1-2H,3H2,(H2,14,15)(H,16,17). The molecule has 1 aliphatic heterocycles. The van der Waals surface area contributed by atoms with Crippen LogP contribution in [0, 0.1) is 0 Å². The molecule has 2 heterocycles. The molecule has 0 radical (unpaired) electrons. The minimum absolute atomic E-state index is 0.0534. The average molecular weight is 279 g/mol. The number of halogens is 1. The summed E-state index contributed by atoms with van der Waals surface area (Å²) in [5.74, 6) is -1.64. The van der Waals surface area contributed by atoms with Gasteiger partial charge in [-0.2, -0.15) is 0 Å². The maximum absolute atomic E-state index is 11.5. The zero-order valence-electron chi connectivity index (χ0n) is 9.44.